The van der Waals surface area contributed by atoms with E-state index in [2.05, 4.69) is 25.3 Å². The summed E-state index contributed by atoms with van der Waals surface area (Å²) in [5, 5.41) is 19.8. The summed E-state index contributed by atoms with van der Waals surface area (Å²) < 4.78 is 0. The maximum Gasteiger partial charge on any atom is 0.326 e. The van der Waals surface area contributed by atoms with Crippen LogP contribution in [-0.2, 0) is 9.59 Å². The van der Waals surface area contributed by atoms with E-state index in [-0.39, 0.29) is 17.1 Å². The molecule has 1 atom stereocenters. The van der Waals surface area contributed by atoms with Crippen LogP contribution in [0.3, 0.4) is 0 Å². The van der Waals surface area contributed by atoms with Crippen molar-refractivity contribution in [3.8, 4) is 0 Å². The lowest BCUT2D eigenvalue weighted by molar-refractivity contribution is -0.144. The Morgan fingerprint density at radius 2 is 2.16 bits per heavy atom. The first kappa shape index (κ1) is 12.5. The number of carboxylic acid groups (broad SMARTS) is 2. The van der Waals surface area contributed by atoms with Crippen LogP contribution in [0.1, 0.15) is 6.42 Å². The molecule has 100 valence electrons. The molecule has 0 aliphatic rings. The zero-order valence-electron chi connectivity index (χ0n) is 9.38. The van der Waals surface area contributed by atoms with E-state index in [0.717, 1.165) is 0 Å². The Labute approximate surface area is 104 Å². The number of anilines is 1. The van der Waals surface area contributed by atoms with Gasteiger partial charge in [-0.3, -0.25) is 14.6 Å². The summed E-state index contributed by atoms with van der Waals surface area (Å²) in [5.41, 5.74) is -0.286. The van der Waals surface area contributed by atoms with Crippen LogP contribution < -0.4 is 10.9 Å². The average Bonchev–Trinajstić information content (AvgIpc) is 2.76. The Morgan fingerprint density at radius 1 is 1.42 bits per heavy atom. The third kappa shape index (κ3) is 2.68. The Morgan fingerprint density at radius 3 is 2.79 bits per heavy atom. The molecule has 10 heteroatoms. The van der Waals surface area contributed by atoms with Gasteiger partial charge in [-0.05, 0) is 0 Å². The van der Waals surface area contributed by atoms with Gasteiger partial charge < -0.3 is 20.5 Å². The number of fused-ring (bicyclic) bond motifs is 1. The van der Waals surface area contributed by atoms with Crippen molar-refractivity contribution in [2.24, 2.45) is 0 Å². The van der Waals surface area contributed by atoms with Crippen molar-refractivity contribution in [3.05, 3.63) is 16.7 Å². The highest BCUT2D eigenvalue weighted by Crippen LogP contribution is 2.06. The third-order valence-corrected chi connectivity index (χ3v) is 2.28. The van der Waals surface area contributed by atoms with Gasteiger partial charge in [0.1, 0.15) is 6.04 Å². The minimum absolute atomic E-state index is 0.103. The summed E-state index contributed by atoms with van der Waals surface area (Å²) in [6.45, 7) is 0. The van der Waals surface area contributed by atoms with Gasteiger partial charge in [-0.1, -0.05) is 0 Å². The van der Waals surface area contributed by atoms with E-state index in [1.807, 2.05) is 0 Å². The van der Waals surface area contributed by atoms with E-state index in [0.29, 0.717) is 0 Å². The molecule has 0 saturated carbocycles. The van der Waals surface area contributed by atoms with E-state index >= 15 is 0 Å². The number of nitrogens with one attached hydrogen (secondary N) is 3. The summed E-state index contributed by atoms with van der Waals surface area (Å²) in [5.74, 6) is -2.81. The maximum atomic E-state index is 11.6. The molecule has 0 fully saturated rings. The average molecular weight is 267 g/mol. The third-order valence-electron chi connectivity index (χ3n) is 2.28. The number of carboxylic acids is 2. The second-order valence-corrected chi connectivity index (χ2v) is 3.65. The molecule has 2 aromatic rings. The minimum atomic E-state index is -1.41. The lowest BCUT2D eigenvalue weighted by Crippen LogP contribution is -2.33. The predicted octanol–water partition coefficient (Wildman–Crippen LogP) is -1.01. The Bertz CT molecular complexity index is 690. The molecule has 2 rings (SSSR count). The molecule has 0 amide bonds. The van der Waals surface area contributed by atoms with Crippen LogP contribution in [0.4, 0.5) is 5.95 Å². The molecule has 0 bridgehead atoms. The van der Waals surface area contributed by atoms with Crippen molar-refractivity contribution in [2.75, 3.05) is 5.32 Å². The van der Waals surface area contributed by atoms with Gasteiger partial charge in [0, 0.05) is 0 Å². The van der Waals surface area contributed by atoms with Crippen LogP contribution >= 0.6 is 0 Å². The van der Waals surface area contributed by atoms with E-state index < -0.39 is 30.0 Å². The summed E-state index contributed by atoms with van der Waals surface area (Å²) in [6, 6.07) is -1.41. The number of rotatable bonds is 5. The second kappa shape index (κ2) is 4.76. The van der Waals surface area contributed by atoms with Gasteiger partial charge in [0.25, 0.3) is 5.56 Å². The Hall–Kier alpha value is -2.91. The molecule has 0 spiro atoms. The minimum Gasteiger partial charge on any atom is -0.481 e. The molecule has 2 heterocycles. The van der Waals surface area contributed by atoms with E-state index in [9.17, 15) is 14.4 Å². The fourth-order valence-corrected chi connectivity index (χ4v) is 1.45. The topological polar surface area (TPSA) is 161 Å². The summed E-state index contributed by atoms with van der Waals surface area (Å²) >= 11 is 0. The zero-order chi connectivity index (χ0) is 14.0. The van der Waals surface area contributed by atoms with Crippen molar-refractivity contribution in [1.82, 2.24) is 19.9 Å². The van der Waals surface area contributed by atoms with Crippen molar-refractivity contribution < 1.29 is 19.8 Å². The first-order valence-corrected chi connectivity index (χ1v) is 5.12. The Kier molecular flexibility index (Phi) is 3.14. The number of aromatic amines is 2. The maximum absolute atomic E-state index is 11.6. The van der Waals surface area contributed by atoms with Crippen molar-refractivity contribution in [1.29, 1.82) is 0 Å². The van der Waals surface area contributed by atoms with Crippen molar-refractivity contribution in [3.63, 3.8) is 0 Å². The molecular formula is C9H9N5O5. The van der Waals surface area contributed by atoms with Crippen LogP contribution in [0.15, 0.2) is 11.1 Å². The fourth-order valence-electron chi connectivity index (χ4n) is 1.45. The summed E-state index contributed by atoms with van der Waals surface area (Å²) in [7, 11) is 0. The van der Waals surface area contributed by atoms with Crippen LogP contribution in [0.25, 0.3) is 11.2 Å². The van der Waals surface area contributed by atoms with Gasteiger partial charge in [0.15, 0.2) is 11.2 Å². The molecule has 0 radical (unpaired) electrons. The number of carbonyl (C=O) groups is 2. The quantitative estimate of drug-likeness (QED) is 0.460. The van der Waals surface area contributed by atoms with Gasteiger partial charge in [-0.2, -0.15) is 4.98 Å². The second-order valence-electron chi connectivity index (χ2n) is 3.65. The normalized spacial score (nSPS) is 12.2. The molecule has 5 N–H and O–H groups in total. The molecular weight excluding hydrogens is 258 g/mol. The van der Waals surface area contributed by atoms with E-state index in [4.69, 9.17) is 10.2 Å². The standard InChI is InChI=1S/C9H9N5O5/c15-4(16)1-3(8(18)19)12-9-13-6-5(7(17)14-9)10-2-11-6/h2-3H,1H2,(H,15,16)(H,18,19)(H3,10,11,12,13,14,17). The highest BCUT2D eigenvalue weighted by Gasteiger charge is 2.22. The van der Waals surface area contributed by atoms with Gasteiger partial charge in [-0.15, -0.1) is 0 Å². The molecule has 19 heavy (non-hydrogen) atoms. The van der Waals surface area contributed by atoms with Gasteiger partial charge in [0.05, 0.1) is 12.7 Å². The zero-order valence-corrected chi connectivity index (χ0v) is 9.38. The molecule has 0 aromatic carbocycles. The van der Waals surface area contributed by atoms with Crippen LogP contribution in [0, 0.1) is 0 Å². The number of imidazole rings is 1. The molecule has 0 aliphatic heterocycles. The van der Waals surface area contributed by atoms with Gasteiger partial charge in [-0.25, -0.2) is 9.78 Å². The predicted molar refractivity (Wildman–Crippen MR) is 61.8 cm³/mol. The first-order valence-electron chi connectivity index (χ1n) is 5.12. The fraction of sp³-hybridized carbons (Fsp3) is 0.222. The van der Waals surface area contributed by atoms with E-state index in [1.54, 1.807) is 0 Å². The first-order chi connectivity index (χ1) is 8.97. The van der Waals surface area contributed by atoms with Crippen molar-refractivity contribution >= 4 is 29.1 Å². The molecule has 10 nitrogen and oxygen atoms in total. The van der Waals surface area contributed by atoms with Crippen LogP contribution in [-0.4, -0.2) is 48.1 Å². The number of aliphatic carboxylic acids is 2. The number of aromatic nitrogens is 4. The highest BCUT2D eigenvalue weighted by atomic mass is 16.4. The lowest BCUT2D eigenvalue weighted by atomic mass is 10.2. The summed E-state index contributed by atoms with van der Waals surface area (Å²) in [6.07, 6.45) is 0.611. The lowest BCUT2D eigenvalue weighted by Gasteiger charge is -2.12. The number of hydrogen-bond donors (Lipinski definition) is 5. The monoisotopic (exact) mass is 267 g/mol. The van der Waals surface area contributed by atoms with Crippen LogP contribution in [0.2, 0.25) is 0 Å². The van der Waals surface area contributed by atoms with Gasteiger partial charge in [0.2, 0.25) is 5.95 Å². The molecule has 0 saturated heterocycles. The Balaban J connectivity index is 2.30. The van der Waals surface area contributed by atoms with Gasteiger partial charge >= 0.3 is 11.9 Å². The summed E-state index contributed by atoms with van der Waals surface area (Å²) in [4.78, 5) is 45.4. The number of H-pyrrole nitrogens is 2. The van der Waals surface area contributed by atoms with Crippen molar-refractivity contribution in [2.45, 2.75) is 12.5 Å². The largest absolute Gasteiger partial charge is 0.481 e. The van der Waals surface area contributed by atoms with Crippen LogP contribution in [0.5, 0.6) is 0 Å². The van der Waals surface area contributed by atoms with E-state index in [1.165, 1.54) is 6.33 Å². The molecule has 1 unspecified atom stereocenters. The smallest absolute Gasteiger partial charge is 0.326 e. The molecule has 2 aromatic heterocycles. The molecule has 0 aliphatic carbocycles. The SMILES string of the molecule is O=C(O)CC(Nc1nc2nc[nH]c2c(=O)[nH]1)C(=O)O. The number of hydrogen-bond acceptors (Lipinski definition) is 6. The highest BCUT2D eigenvalue weighted by molar-refractivity contribution is 5.83. The number of nitrogens with zero attached hydrogens (tertiary/aromatic N) is 2.